The van der Waals surface area contributed by atoms with E-state index in [0.717, 1.165) is 38.5 Å². The van der Waals surface area contributed by atoms with Crippen molar-refractivity contribution in [2.45, 2.75) is 51.1 Å². The molecule has 1 atom stereocenters. The van der Waals surface area contributed by atoms with E-state index in [-0.39, 0.29) is 6.04 Å². The van der Waals surface area contributed by atoms with E-state index in [1.54, 1.807) is 0 Å². The fourth-order valence-corrected chi connectivity index (χ4v) is 4.12. The van der Waals surface area contributed by atoms with Crippen molar-refractivity contribution in [2.75, 3.05) is 13.2 Å². The van der Waals surface area contributed by atoms with E-state index in [1.807, 2.05) is 24.5 Å². The van der Waals surface area contributed by atoms with Crippen LogP contribution in [0.4, 0.5) is 0 Å². The van der Waals surface area contributed by atoms with Gasteiger partial charge in [0.15, 0.2) is 5.82 Å². The Kier molecular flexibility index (Phi) is 4.41. The zero-order valence-electron chi connectivity index (χ0n) is 13.3. The molecule has 1 aliphatic heterocycles. The van der Waals surface area contributed by atoms with Crippen molar-refractivity contribution in [1.82, 2.24) is 20.4 Å². The summed E-state index contributed by atoms with van der Waals surface area (Å²) in [5, 5.41) is 8.87. The summed E-state index contributed by atoms with van der Waals surface area (Å²) in [4.78, 5) is 10.3. The Hall–Kier alpha value is -1.31. The van der Waals surface area contributed by atoms with Crippen LogP contribution >= 0.6 is 11.3 Å². The van der Waals surface area contributed by atoms with Crippen molar-refractivity contribution < 1.29 is 9.26 Å². The third-order valence-corrected chi connectivity index (χ3v) is 5.70. The van der Waals surface area contributed by atoms with Crippen LogP contribution in [0.15, 0.2) is 10.7 Å². The lowest BCUT2D eigenvalue weighted by molar-refractivity contribution is 0.0486. The van der Waals surface area contributed by atoms with E-state index in [2.05, 4.69) is 20.4 Å². The molecule has 1 aliphatic carbocycles. The molecule has 7 heteroatoms. The van der Waals surface area contributed by atoms with E-state index < -0.39 is 0 Å². The number of thiazole rings is 1. The zero-order chi connectivity index (χ0) is 15.6. The van der Waals surface area contributed by atoms with Gasteiger partial charge in [-0.1, -0.05) is 5.16 Å². The topological polar surface area (TPSA) is 73.1 Å². The minimum atomic E-state index is 0.0894. The van der Waals surface area contributed by atoms with Crippen molar-refractivity contribution in [3.63, 3.8) is 0 Å². The number of hydrogen-bond donors (Lipinski definition) is 1. The van der Waals surface area contributed by atoms with Crippen LogP contribution in [0.5, 0.6) is 0 Å². The number of aromatic nitrogens is 3. The molecule has 0 amide bonds. The van der Waals surface area contributed by atoms with Gasteiger partial charge < -0.3 is 14.6 Å². The largest absolute Gasteiger partial charge is 0.381 e. The molecule has 0 bridgehead atoms. The average Bonchev–Trinajstić information content (AvgIpc) is 3.17. The highest BCUT2D eigenvalue weighted by Crippen LogP contribution is 2.41. The molecule has 3 heterocycles. The van der Waals surface area contributed by atoms with Crippen LogP contribution in [0, 0.1) is 12.8 Å². The Morgan fingerprint density at radius 1 is 1.30 bits per heavy atom. The van der Waals surface area contributed by atoms with Crippen LogP contribution in [0.2, 0.25) is 0 Å². The lowest BCUT2D eigenvalue weighted by atomic mass is 9.91. The first kappa shape index (κ1) is 15.2. The molecule has 2 aromatic rings. The molecule has 1 unspecified atom stereocenters. The summed E-state index contributed by atoms with van der Waals surface area (Å²) >= 11 is 1.83. The molecule has 2 aromatic heterocycles. The van der Waals surface area contributed by atoms with E-state index in [9.17, 15) is 0 Å². The van der Waals surface area contributed by atoms with Gasteiger partial charge in [-0.3, -0.25) is 0 Å². The van der Waals surface area contributed by atoms with Gasteiger partial charge in [-0.15, -0.1) is 11.3 Å². The minimum Gasteiger partial charge on any atom is -0.381 e. The van der Waals surface area contributed by atoms with Crippen LogP contribution in [-0.2, 0) is 11.3 Å². The molecule has 1 N–H and O–H groups in total. The van der Waals surface area contributed by atoms with E-state index in [4.69, 9.17) is 9.26 Å². The number of hydrogen-bond acceptors (Lipinski definition) is 7. The van der Waals surface area contributed by atoms with Gasteiger partial charge in [-0.25, -0.2) is 4.98 Å². The first-order chi connectivity index (χ1) is 11.3. The molecule has 0 spiro atoms. The molecule has 23 heavy (non-hydrogen) atoms. The van der Waals surface area contributed by atoms with Crippen LogP contribution in [0.1, 0.15) is 59.2 Å². The summed E-state index contributed by atoms with van der Waals surface area (Å²) in [6, 6.07) is 0.0894. The second-order valence-corrected chi connectivity index (χ2v) is 7.57. The molecular formula is C16H22N4O2S. The highest BCUT2D eigenvalue weighted by atomic mass is 32.1. The lowest BCUT2D eigenvalue weighted by Crippen LogP contribution is -2.32. The fourth-order valence-electron chi connectivity index (χ4n) is 3.08. The van der Waals surface area contributed by atoms with Gasteiger partial charge in [-0.05, 0) is 38.5 Å². The van der Waals surface area contributed by atoms with Crippen LogP contribution in [0.3, 0.4) is 0 Å². The Bertz CT molecular complexity index is 646. The smallest absolute Gasteiger partial charge is 0.244 e. The fraction of sp³-hybridized carbons (Fsp3) is 0.688. The Morgan fingerprint density at radius 3 is 2.83 bits per heavy atom. The first-order valence-electron chi connectivity index (χ1n) is 8.35. The van der Waals surface area contributed by atoms with Crippen LogP contribution in [0.25, 0.3) is 0 Å². The normalized spacial score (nSPS) is 20.7. The molecule has 2 fully saturated rings. The third-order valence-electron chi connectivity index (χ3n) is 4.54. The molecule has 4 rings (SSSR count). The maximum absolute atomic E-state index is 5.49. The summed E-state index contributed by atoms with van der Waals surface area (Å²) in [6.07, 6.45) is 6.65. The first-order valence-corrected chi connectivity index (χ1v) is 9.17. The number of nitrogens with one attached hydrogen (secondary N) is 1. The highest BCUT2D eigenvalue weighted by Gasteiger charge is 2.30. The summed E-state index contributed by atoms with van der Waals surface area (Å²) in [5.41, 5.74) is 0. The van der Waals surface area contributed by atoms with Gasteiger partial charge >= 0.3 is 0 Å². The van der Waals surface area contributed by atoms with Crippen molar-refractivity contribution in [3.8, 4) is 0 Å². The lowest BCUT2D eigenvalue weighted by Gasteiger charge is -2.28. The highest BCUT2D eigenvalue weighted by molar-refractivity contribution is 7.11. The molecule has 1 saturated carbocycles. The van der Waals surface area contributed by atoms with Crippen molar-refractivity contribution in [2.24, 2.45) is 5.92 Å². The van der Waals surface area contributed by atoms with Crippen LogP contribution < -0.4 is 5.32 Å². The minimum absolute atomic E-state index is 0.0894. The van der Waals surface area contributed by atoms with Crippen molar-refractivity contribution in [3.05, 3.63) is 27.8 Å². The molecule has 124 valence electrons. The van der Waals surface area contributed by atoms with Gasteiger partial charge in [0.05, 0.1) is 11.0 Å². The van der Waals surface area contributed by atoms with Gasteiger partial charge in [0.1, 0.15) is 0 Å². The number of aryl methyl sites for hydroxylation is 1. The quantitative estimate of drug-likeness (QED) is 0.875. The average molecular weight is 334 g/mol. The second-order valence-electron chi connectivity index (χ2n) is 6.43. The monoisotopic (exact) mass is 334 g/mol. The predicted octanol–water partition coefficient (Wildman–Crippen LogP) is 2.97. The van der Waals surface area contributed by atoms with E-state index in [1.165, 1.54) is 22.7 Å². The van der Waals surface area contributed by atoms with Gasteiger partial charge in [0, 0.05) is 36.8 Å². The Balaban J connectivity index is 1.45. The number of rotatable bonds is 6. The summed E-state index contributed by atoms with van der Waals surface area (Å²) in [6.45, 7) is 4.28. The molecule has 1 saturated heterocycles. The number of nitrogens with zero attached hydrogens (tertiary/aromatic N) is 3. The van der Waals surface area contributed by atoms with Crippen LogP contribution in [-0.4, -0.2) is 28.3 Å². The van der Waals surface area contributed by atoms with E-state index in [0.29, 0.717) is 17.6 Å². The van der Waals surface area contributed by atoms with Gasteiger partial charge in [0.2, 0.25) is 5.89 Å². The standard InChI is InChI=1S/C16H22N4O2S/c1-10-19-15(22-20-10)14(11-4-6-21-7-5-11)17-8-13-9-18-16(23-13)12-2-3-12/h9,11-12,14,17H,2-8H2,1H3. The second kappa shape index (κ2) is 6.67. The maximum Gasteiger partial charge on any atom is 0.244 e. The predicted molar refractivity (Wildman–Crippen MR) is 86.2 cm³/mol. The van der Waals surface area contributed by atoms with Crippen molar-refractivity contribution in [1.29, 1.82) is 0 Å². The molecule has 0 aromatic carbocycles. The molecule has 2 aliphatic rings. The SMILES string of the molecule is Cc1noc(C(NCc2cnc(C3CC3)s2)C2CCOCC2)n1. The number of ether oxygens (including phenoxy) is 1. The molecule has 0 radical (unpaired) electrons. The van der Waals surface area contributed by atoms with Crippen molar-refractivity contribution >= 4 is 11.3 Å². The van der Waals surface area contributed by atoms with E-state index >= 15 is 0 Å². The molecular weight excluding hydrogens is 312 g/mol. The summed E-state index contributed by atoms with van der Waals surface area (Å²) < 4.78 is 10.9. The zero-order valence-corrected chi connectivity index (χ0v) is 14.1. The summed E-state index contributed by atoms with van der Waals surface area (Å²) in [7, 11) is 0. The third kappa shape index (κ3) is 3.62. The van der Waals surface area contributed by atoms with Gasteiger partial charge in [0.25, 0.3) is 0 Å². The Morgan fingerprint density at radius 2 is 2.13 bits per heavy atom. The Labute approximate surface area is 139 Å². The van der Waals surface area contributed by atoms with Gasteiger partial charge in [-0.2, -0.15) is 4.98 Å². The maximum atomic E-state index is 5.49. The molecule has 6 nitrogen and oxygen atoms in total. The summed E-state index contributed by atoms with van der Waals surface area (Å²) in [5.74, 6) is 2.58.